The fourth-order valence-corrected chi connectivity index (χ4v) is 4.73. The molecule has 4 atom stereocenters. The SMILES string of the molecule is CC1=C2CC[C@H](C)[C@H]2[C@@H]2[C@H](CC1)C2(C)C. The molecule has 0 radical (unpaired) electrons. The first-order chi connectivity index (χ1) is 7.03. The Morgan fingerprint density at radius 2 is 1.87 bits per heavy atom. The highest BCUT2D eigenvalue weighted by Crippen LogP contribution is 2.69. The highest BCUT2D eigenvalue weighted by Gasteiger charge is 2.62. The monoisotopic (exact) mass is 204 g/mol. The summed E-state index contributed by atoms with van der Waals surface area (Å²) in [7, 11) is 0. The molecule has 0 amide bonds. The van der Waals surface area contributed by atoms with E-state index < -0.39 is 0 Å². The van der Waals surface area contributed by atoms with E-state index in [1.54, 1.807) is 5.57 Å². The maximum atomic E-state index is 2.51. The fraction of sp³-hybridized carbons (Fsp3) is 0.867. The third-order valence-corrected chi connectivity index (χ3v) is 5.79. The Bertz CT molecular complexity index is 321. The van der Waals surface area contributed by atoms with Crippen LogP contribution in [0.5, 0.6) is 0 Å². The van der Waals surface area contributed by atoms with Gasteiger partial charge in [0, 0.05) is 0 Å². The lowest BCUT2D eigenvalue weighted by molar-refractivity contribution is 0.362. The zero-order chi connectivity index (χ0) is 10.8. The molecule has 3 aliphatic rings. The Kier molecular flexibility index (Phi) is 1.92. The summed E-state index contributed by atoms with van der Waals surface area (Å²) in [6.45, 7) is 9.90. The topological polar surface area (TPSA) is 0 Å². The Morgan fingerprint density at radius 3 is 2.60 bits per heavy atom. The van der Waals surface area contributed by atoms with Crippen molar-refractivity contribution in [3.05, 3.63) is 11.1 Å². The van der Waals surface area contributed by atoms with Crippen molar-refractivity contribution in [1.82, 2.24) is 0 Å². The van der Waals surface area contributed by atoms with Gasteiger partial charge in [-0.15, -0.1) is 0 Å². The first kappa shape index (κ1) is 9.93. The summed E-state index contributed by atoms with van der Waals surface area (Å²) in [5.74, 6) is 3.99. The standard InChI is InChI=1S/C15H24/c1-9-6-8-12-14(15(12,3)4)13-10(2)5-7-11(9)13/h10,12-14H,5-8H2,1-4H3/t10-,12-,13+,14-/m0/s1. The average molecular weight is 204 g/mol. The van der Waals surface area contributed by atoms with Crippen LogP contribution in [-0.4, -0.2) is 0 Å². The van der Waals surface area contributed by atoms with Crippen LogP contribution < -0.4 is 0 Å². The Labute approximate surface area is 94.1 Å². The van der Waals surface area contributed by atoms with Crippen LogP contribution in [0.4, 0.5) is 0 Å². The van der Waals surface area contributed by atoms with Crippen LogP contribution in [0.25, 0.3) is 0 Å². The summed E-state index contributed by atoms with van der Waals surface area (Å²) in [6.07, 6.45) is 5.73. The smallest absolute Gasteiger partial charge is 0.0138 e. The van der Waals surface area contributed by atoms with Gasteiger partial charge in [-0.05, 0) is 61.7 Å². The molecule has 0 aromatic heterocycles. The Balaban J connectivity index is 1.99. The zero-order valence-corrected chi connectivity index (χ0v) is 10.6. The molecule has 0 heteroatoms. The minimum atomic E-state index is 0.662. The number of hydrogen-bond acceptors (Lipinski definition) is 0. The number of hydrogen-bond donors (Lipinski definition) is 0. The van der Waals surface area contributed by atoms with Crippen molar-refractivity contribution in [3.63, 3.8) is 0 Å². The molecule has 15 heavy (non-hydrogen) atoms. The summed E-state index contributed by atoms with van der Waals surface area (Å²) in [6, 6.07) is 0. The summed E-state index contributed by atoms with van der Waals surface area (Å²) in [4.78, 5) is 0. The number of allylic oxidation sites excluding steroid dienone is 2. The Morgan fingerprint density at radius 1 is 1.13 bits per heavy atom. The maximum absolute atomic E-state index is 2.51. The minimum Gasteiger partial charge on any atom is -0.0738 e. The lowest BCUT2D eigenvalue weighted by Crippen LogP contribution is -2.12. The fourth-order valence-electron chi connectivity index (χ4n) is 4.73. The lowest BCUT2D eigenvalue weighted by Gasteiger charge is -2.20. The van der Waals surface area contributed by atoms with Gasteiger partial charge in [0.25, 0.3) is 0 Å². The molecule has 2 saturated carbocycles. The van der Waals surface area contributed by atoms with Gasteiger partial charge in [0.15, 0.2) is 0 Å². The van der Waals surface area contributed by atoms with Crippen molar-refractivity contribution in [3.8, 4) is 0 Å². The molecule has 0 unspecified atom stereocenters. The molecule has 3 aliphatic carbocycles. The van der Waals surface area contributed by atoms with E-state index in [1.807, 2.05) is 5.57 Å². The second-order valence-corrected chi connectivity index (χ2v) is 6.84. The highest BCUT2D eigenvalue weighted by atomic mass is 14.7. The third-order valence-electron chi connectivity index (χ3n) is 5.79. The van der Waals surface area contributed by atoms with Gasteiger partial charge in [-0.25, -0.2) is 0 Å². The van der Waals surface area contributed by atoms with Crippen LogP contribution in [0.2, 0.25) is 0 Å². The highest BCUT2D eigenvalue weighted by molar-refractivity contribution is 5.29. The van der Waals surface area contributed by atoms with Crippen molar-refractivity contribution < 1.29 is 0 Å². The minimum absolute atomic E-state index is 0.662. The van der Waals surface area contributed by atoms with Crippen molar-refractivity contribution in [2.45, 2.75) is 53.4 Å². The molecule has 0 bridgehead atoms. The molecule has 3 rings (SSSR count). The predicted octanol–water partition coefficient (Wildman–Crippen LogP) is 4.42. The van der Waals surface area contributed by atoms with E-state index in [0.29, 0.717) is 5.41 Å². The van der Waals surface area contributed by atoms with E-state index in [9.17, 15) is 0 Å². The predicted molar refractivity (Wildman–Crippen MR) is 64.6 cm³/mol. The Hall–Kier alpha value is -0.260. The van der Waals surface area contributed by atoms with Gasteiger partial charge in [0.05, 0.1) is 0 Å². The zero-order valence-electron chi connectivity index (χ0n) is 10.6. The van der Waals surface area contributed by atoms with Crippen molar-refractivity contribution >= 4 is 0 Å². The van der Waals surface area contributed by atoms with E-state index in [-0.39, 0.29) is 0 Å². The van der Waals surface area contributed by atoms with Crippen molar-refractivity contribution in [2.75, 3.05) is 0 Å². The van der Waals surface area contributed by atoms with Crippen LogP contribution in [0, 0.1) is 29.1 Å². The molecular formula is C15H24. The second kappa shape index (κ2) is 2.90. The van der Waals surface area contributed by atoms with Crippen LogP contribution >= 0.6 is 0 Å². The number of rotatable bonds is 0. The molecule has 84 valence electrons. The number of fused-ring (bicyclic) bond motifs is 3. The lowest BCUT2D eigenvalue weighted by atomic mass is 9.85. The summed E-state index contributed by atoms with van der Waals surface area (Å²) in [5.41, 5.74) is 4.29. The van der Waals surface area contributed by atoms with Crippen molar-refractivity contribution in [1.29, 1.82) is 0 Å². The molecular weight excluding hydrogens is 180 g/mol. The molecule has 0 nitrogen and oxygen atoms in total. The maximum Gasteiger partial charge on any atom is -0.0138 e. The molecule has 2 fully saturated rings. The quantitative estimate of drug-likeness (QED) is 0.513. The van der Waals surface area contributed by atoms with Gasteiger partial charge in [0.1, 0.15) is 0 Å². The van der Waals surface area contributed by atoms with E-state index in [4.69, 9.17) is 0 Å². The van der Waals surface area contributed by atoms with Crippen LogP contribution in [0.15, 0.2) is 11.1 Å². The molecule has 0 aromatic carbocycles. The van der Waals surface area contributed by atoms with Gasteiger partial charge in [-0.2, -0.15) is 0 Å². The van der Waals surface area contributed by atoms with E-state index in [1.165, 1.54) is 25.7 Å². The summed E-state index contributed by atoms with van der Waals surface area (Å²) >= 11 is 0. The van der Waals surface area contributed by atoms with Gasteiger partial charge >= 0.3 is 0 Å². The van der Waals surface area contributed by atoms with Gasteiger partial charge in [-0.3, -0.25) is 0 Å². The molecule has 0 heterocycles. The molecule has 0 N–H and O–H groups in total. The van der Waals surface area contributed by atoms with Crippen LogP contribution in [0.3, 0.4) is 0 Å². The van der Waals surface area contributed by atoms with E-state index >= 15 is 0 Å². The van der Waals surface area contributed by atoms with Gasteiger partial charge < -0.3 is 0 Å². The first-order valence-corrected chi connectivity index (χ1v) is 6.72. The summed E-state index contributed by atoms with van der Waals surface area (Å²) in [5, 5.41) is 0. The summed E-state index contributed by atoms with van der Waals surface area (Å²) < 4.78 is 0. The molecule has 0 spiro atoms. The first-order valence-electron chi connectivity index (χ1n) is 6.72. The largest absolute Gasteiger partial charge is 0.0738 e. The second-order valence-electron chi connectivity index (χ2n) is 6.84. The van der Waals surface area contributed by atoms with Crippen LogP contribution in [-0.2, 0) is 0 Å². The van der Waals surface area contributed by atoms with Crippen molar-refractivity contribution in [2.24, 2.45) is 29.1 Å². The van der Waals surface area contributed by atoms with Crippen LogP contribution in [0.1, 0.15) is 53.4 Å². The third kappa shape index (κ3) is 1.20. The molecule has 0 saturated heterocycles. The van der Waals surface area contributed by atoms with Gasteiger partial charge in [-0.1, -0.05) is 31.9 Å². The van der Waals surface area contributed by atoms with Gasteiger partial charge in [0.2, 0.25) is 0 Å². The molecule has 0 aromatic rings. The molecule has 0 aliphatic heterocycles. The van der Waals surface area contributed by atoms with E-state index in [2.05, 4.69) is 27.7 Å². The van der Waals surface area contributed by atoms with E-state index in [0.717, 1.165) is 23.7 Å². The average Bonchev–Trinajstić information content (AvgIpc) is 2.55. The normalized spacial score (nSPS) is 47.2.